The molecule has 1 heterocycles. The largest absolute Gasteiger partial charge is 0.321 e. The number of rotatable bonds is 2. The van der Waals surface area contributed by atoms with Crippen LogP contribution in [0.4, 0.5) is 0 Å². The Morgan fingerprint density at radius 3 is 2.41 bits per heavy atom. The van der Waals surface area contributed by atoms with Gasteiger partial charge in [0.05, 0.1) is 6.07 Å². The maximum absolute atomic E-state index is 11.8. The van der Waals surface area contributed by atoms with E-state index in [1.165, 1.54) is 17.0 Å². The van der Waals surface area contributed by atoms with Crippen LogP contribution in [-0.2, 0) is 6.54 Å². The average molecular weight is 227 g/mol. The Kier molecular flexibility index (Phi) is 2.88. The van der Waals surface area contributed by atoms with Gasteiger partial charge in [-0.25, -0.2) is 0 Å². The lowest BCUT2D eigenvalue weighted by Crippen LogP contribution is -2.39. The molecule has 0 aliphatic carbocycles. The molecule has 1 aromatic heterocycles. The summed E-state index contributed by atoms with van der Waals surface area (Å²) >= 11 is 0. The number of para-hydroxylation sites is 1. The quantitative estimate of drug-likeness (QED) is 0.702. The predicted octanol–water partition coefficient (Wildman–Crippen LogP) is 0.523. The van der Waals surface area contributed by atoms with Crippen molar-refractivity contribution in [3.8, 4) is 11.8 Å². The van der Waals surface area contributed by atoms with Crippen molar-refractivity contribution < 1.29 is 0 Å². The van der Waals surface area contributed by atoms with Crippen LogP contribution in [0.5, 0.6) is 0 Å². The minimum absolute atomic E-state index is 0.121. The molecule has 0 atom stereocenters. The third-order valence-corrected chi connectivity index (χ3v) is 2.33. The fourth-order valence-corrected chi connectivity index (χ4v) is 1.50. The molecule has 2 rings (SSSR count). The fourth-order valence-electron chi connectivity index (χ4n) is 1.50. The molecule has 2 aromatic rings. The van der Waals surface area contributed by atoms with Crippen molar-refractivity contribution in [3.05, 3.63) is 63.4 Å². The molecule has 0 amide bonds. The van der Waals surface area contributed by atoms with Gasteiger partial charge in [-0.3, -0.25) is 18.7 Å². The molecule has 84 valence electrons. The van der Waals surface area contributed by atoms with Gasteiger partial charge in [0, 0.05) is 18.1 Å². The van der Waals surface area contributed by atoms with Crippen LogP contribution in [-0.4, -0.2) is 9.13 Å². The van der Waals surface area contributed by atoms with Gasteiger partial charge < -0.3 is 0 Å². The van der Waals surface area contributed by atoms with E-state index < -0.39 is 11.1 Å². The van der Waals surface area contributed by atoms with Crippen molar-refractivity contribution in [2.75, 3.05) is 0 Å². The number of benzene rings is 1. The molecule has 0 fully saturated rings. The first-order valence-electron chi connectivity index (χ1n) is 4.98. The van der Waals surface area contributed by atoms with E-state index in [1.807, 2.05) is 12.1 Å². The highest BCUT2D eigenvalue weighted by molar-refractivity contribution is 5.30. The monoisotopic (exact) mass is 227 g/mol. The number of aromatic nitrogens is 2. The van der Waals surface area contributed by atoms with Crippen molar-refractivity contribution in [2.45, 2.75) is 6.54 Å². The lowest BCUT2D eigenvalue weighted by atomic mass is 10.3. The highest BCUT2D eigenvalue weighted by atomic mass is 16.2. The van der Waals surface area contributed by atoms with Crippen molar-refractivity contribution in [2.24, 2.45) is 0 Å². The van der Waals surface area contributed by atoms with Gasteiger partial charge in [0.2, 0.25) is 0 Å². The fraction of sp³-hybridized carbons (Fsp3) is 0.0833. The zero-order chi connectivity index (χ0) is 12.3. The molecule has 0 saturated heterocycles. The van der Waals surface area contributed by atoms with Crippen molar-refractivity contribution >= 4 is 0 Å². The molecular weight excluding hydrogens is 218 g/mol. The van der Waals surface area contributed by atoms with Gasteiger partial charge in [-0.15, -0.1) is 0 Å². The van der Waals surface area contributed by atoms with E-state index in [1.54, 1.807) is 24.3 Å². The van der Waals surface area contributed by atoms with Gasteiger partial charge in [0.1, 0.15) is 6.54 Å². The van der Waals surface area contributed by atoms with E-state index in [4.69, 9.17) is 5.26 Å². The second-order valence-corrected chi connectivity index (χ2v) is 3.40. The van der Waals surface area contributed by atoms with Gasteiger partial charge in [-0.2, -0.15) is 5.26 Å². The molecule has 0 aliphatic heterocycles. The third kappa shape index (κ3) is 2.01. The van der Waals surface area contributed by atoms with Gasteiger partial charge >= 0.3 is 11.1 Å². The van der Waals surface area contributed by atoms with Crippen LogP contribution in [0.3, 0.4) is 0 Å². The third-order valence-electron chi connectivity index (χ3n) is 2.33. The van der Waals surface area contributed by atoms with Crippen molar-refractivity contribution in [3.63, 3.8) is 0 Å². The maximum atomic E-state index is 11.8. The second-order valence-electron chi connectivity index (χ2n) is 3.40. The molecule has 0 bridgehead atoms. The van der Waals surface area contributed by atoms with E-state index >= 15 is 0 Å². The molecule has 5 nitrogen and oxygen atoms in total. The van der Waals surface area contributed by atoms with Crippen LogP contribution in [0.1, 0.15) is 0 Å². The van der Waals surface area contributed by atoms with E-state index in [2.05, 4.69) is 0 Å². The number of nitrogens with zero attached hydrogens (tertiary/aromatic N) is 3. The topological polar surface area (TPSA) is 67.8 Å². The van der Waals surface area contributed by atoms with Crippen LogP contribution in [0.15, 0.2) is 52.3 Å². The van der Waals surface area contributed by atoms with Crippen LogP contribution in [0.2, 0.25) is 0 Å². The van der Waals surface area contributed by atoms with Gasteiger partial charge in [-0.05, 0) is 12.1 Å². The van der Waals surface area contributed by atoms with Gasteiger partial charge in [-0.1, -0.05) is 18.2 Å². The molecule has 0 unspecified atom stereocenters. The summed E-state index contributed by atoms with van der Waals surface area (Å²) in [5, 5.41) is 8.50. The van der Waals surface area contributed by atoms with Gasteiger partial charge in [0.15, 0.2) is 0 Å². The molecule has 1 aromatic carbocycles. The molecule has 17 heavy (non-hydrogen) atoms. The Morgan fingerprint density at radius 2 is 1.76 bits per heavy atom. The lowest BCUT2D eigenvalue weighted by Gasteiger charge is -2.06. The van der Waals surface area contributed by atoms with Crippen molar-refractivity contribution in [1.29, 1.82) is 5.26 Å². The van der Waals surface area contributed by atoms with Gasteiger partial charge in [0.25, 0.3) is 0 Å². The lowest BCUT2D eigenvalue weighted by molar-refractivity contribution is 0.739. The Labute approximate surface area is 96.8 Å². The first-order chi connectivity index (χ1) is 8.24. The molecule has 5 heteroatoms. The van der Waals surface area contributed by atoms with Crippen LogP contribution in [0.25, 0.3) is 5.69 Å². The van der Waals surface area contributed by atoms with Crippen LogP contribution >= 0.6 is 0 Å². The van der Waals surface area contributed by atoms with Crippen LogP contribution < -0.4 is 11.1 Å². The molecule has 0 radical (unpaired) electrons. The molecule has 0 aliphatic rings. The zero-order valence-electron chi connectivity index (χ0n) is 8.91. The maximum Gasteiger partial charge on any atom is 0.321 e. The summed E-state index contributed by atoms with van der Waals surface area (Å²) in [5.41, 5.74) is -0.731. The number of hydrogen-bond donors (Lipinski definition) is 0. The summed E-state index contributed by atoms with van der Waals surface area (Å²) in [6, 6.07) is 10.7. The van der Waals surface area contributed by atoms with E-state index in [9.17, 15) is 9.59 Å². The minimum atomic E-state index is -0.696. The summed E-state index contributed by atoms with van der Waals surface area (Å²) in [6.45, 7) is -0.121. The smallest absolute Gasteiger partial charge is 0.295 e. The summed E-state index contributed by atoms with van der Waals surface area (Å²) < 4.78 is 2.35. The summed E-state index contributed by atoms with van der Waals surface area (Å²) in [6.07, 6.45) is 2.91. The summed E-state index contributed by atoms with van der Waals surface area (Å²) in [5.74, 6) is 0. The highest BCUT2D eigenvalue weighted by Crippen LogP contribution is 2.01. The standard InChI is InChI=1S/C12H9N3O2/c13-6-7-14-8-9-15(12(17)11(14)16)10-4-2-1-3-5-10/h1-5,8-9H,7H2. The molecule has 0 saturated carbocycles. The number of hydrogen-bond acceptors (Lipinski definition) is 3. The van der Waals surface area contributed by atoms with E-state index in [0.717, 1.165) is 4.57 Å². The molecule has 0 spiro atoms. The predicted molar refractivity (Wildman–Crippen MR) is 61.9 cm³/mol. The minimum Gasteiger partial charge on any atom is -0.295 e. The Bertz CT molecular complexity index is 677. The normalized spacial score (nSPS) is 9.82. The Balaban J connectivity index is 2.61. The SMILES string of the molecule is N#CCn1ccn(-c2ccccc2)c(=O)c1=O. The zero-order valence-corrected chi connectivity index (χ0v) is 8.91. The molecular formula is C12H9N3O2. The van der Waals surface area contributed by atoms with Crippen LogP contribution in [0, 0.1) is 11.3 Å². The first-order valence-corrected chi connectivity index (χ1v) is 4.98. The van der Waals surface area contributed by atoms with Crippen molar-refractivity contribution in [1.82, 2.24) is 9.13 Å². The molecule has 0 N–H and O–H groups in total. The van der Waals surface area contributed by atoms with E-state index in [0.29, 0.717) is 5.69 Å². The highest BCUT2D eigenvalue weighted by Gasteiger charge is 2.05. The second kappa shape index (κ2) is 4.49. The Hall–Kier alpha value is -2.61. The summed E-state index contributed by atoms with van der Waals surface area (Å²) in [4.78, 5) is 23.4. The number of nitriles is 1. The van der Waals surface area contributed by atoms with E-state index in [-0.39, 0.29) is 6.54 Å². The first kappa shape index (κ1) is 10.9. The Morgan fingerprint density at radius 1 is 1.06 bits per heavy atom. The average Bonchev–Trinajstić information content (AvgIpc) is 2.36. The summed E-state index contributed by atoms with van der Waals surface area (Å²) in [7, 11) is 0.